The van der Waals surface area contributed by atoms with Gasteiger partial charge >= 0.3 is 5.97 Å². The van der Waals surface area contributed by atoms with Gasteiger partial charge in [0, 0.05) is 0 Å². The van der Waals surface area contributed by atoms with E-state index in [-0.39, 0.29) is 0 Å². The second-order valence-electron chi connectivity index (χ2n) is 0.928. The number of carboxylic acids is 1. The molecule has 0 atom stereocenters. The smallest absolute Gasteiger partial charge is 0.363 e. The van der Waals surface area contributed by atoms with Crippen molar-refractivity contribution in [3.63, 3.8) is 0 Å². The predicted octanol–water partition coefficient (Wildman–Crippen LogP) is -0.168. The van der Waals surface area contributed by atoms with Crippen LogP contribution in [0, 0.1) is 0 Å². The number of carbonyl (C=O) groups is 1. The van der Waals surface area contributed by atoms with Crippen LogP contribution in [0.2, 0.25) is 0 Å². The Morgan fingerprint density at radius 3 is 1.86 bits per heavy atom. The van der Waals surface area contributed by atoms with Gasteiger partial charge in [-0.25, -0.2) is 13.6 Å². The molecule has 0 unspecified atom stereocenters. The Labute approximate surface area is 39.5 Å². The molecule has 0 saturated carbocycles. The molecule has 2 nitrogen and oxygen atoms in total. The average molecular weight is 106 g/mol. The summed E-state index contributed by atoms with van der Waals surface area (Å²) in [5, 5.41) is 7.38. The maximum absolute atomic E-state index is 11.0. The van der Waals surface area contributed by atoms with Crippen molar-refractivity contribution in [3.8, 4) is 0 Å². The molecule has 0 saturated heterocycles. The first-order chi connectivity index (χ1) is 2.94. The molecular weight excluding hydrogens is 105 g/mol. The lowest BCUT2D eigenvalue weighted by Gasteiger charge is -1.99. The molecule has 0 amide bonds. The Bertz CT molecular complexity index is 86.2. The molecule has 7 heavy (non-hydrogen) atoms. The van der Waals surface area contributed by atoms with Crippen molar-refractivity contribution < 1.29 is 18.7 Å². The monoisotopic (exact) mass is 106 g/mol. The van der Waals surface area contributed by atoms with Crippen LogP contribution < -0.4 is 0 Å². The Hall–Kier alpha value is -0.605. The molecule has 38 valence electrons. The summed E-state index contributed by atoms with van der Waals surface area (Å²) in [7, 11) is 3.75. The van der Waals surface area contributed by atoms with Crippen molar-refractivity contribution in [2.24, 2.45) is 0 Å². The minimum absolute atomic E-state index is 2.31. The molecule has 1 N–H and O–H groups in total. The van der Waals surface area contributed by atoms with Crippen molar-refractivity contribution >= 4 is 13.8 Å². The van der Waals surface area contributed by atoms with Gasteiger partial charge < -0.3 is 5.11 Å². The second-order valence-corrected chi connectivity index (χ2v) is 0.928. The summed E-state index contributed by atoms with van der Waals surface area (Å²) in [6.07, 6.45) is 0. The SMILES string of the molecule is [B]C(F)(F)C(=O)O. The minimum atomic E-state index is -4.08. The van der Waals surface area contributed by atoms with Crippen LogP contribution in [0.3, 0.4) is 0 Å². The van der Waals surface area contributed by atoms with Gasteiger partial charge in [-0.05, 0) is 0 Å². The number of hydrogen-bond acceptors (Lipinski definition) is 1. The van der Waals surface area contributed by atoms with Crippen LogP contribution in [0.25, 0.3) is 0 Å². The van der Waals surface area contributed by atoms with Crippen molar-refractivity contribution in [2.75, 3.05) is 0 Å². The van der Waals surface area contributed by atoms with E-state index in [4.69, 9.17) is 9.90 Å². The number of aliphatic carboxylic acids is 1. The van der Waals surface area contributed by atoms with E-state index in [2.05, 4.69) is 7.85 Å². The zero-order valence-electron chi connectivity index (χ0n) is 3.19. The van der Waals surface area contributed by atoms with E-state index in [1.807, 2.05) is 0 Å². The molecule has 0 spiro atoms. The summed E-state index contributed by atoms with van der Waals surface area (Å²) in [5.41, 5.74) is 0. The van der Waals surface area contributed by atoms with E-state index >= 15 is 0 Å². The van der Waals surface area contributed by atoms with Gasteiger partial charge in [-0.2, -0.15) is 0 Å². The van der Waals surface area contributed by atoms with Crippen LogP contribution in [-0.4, -0.2) is 24.7 Å². The highest BCUT2D eigenvalue weighted by atomic mass is 19.3. The lowest BCUT2D eigenvalue weighted by molar-refractivity contribution is -0.153. The molecule has 5 heteroatoms. The third kappa shape index (κ3) is 2.14. The van der Waals surface area contributed by atoms with Crippen molar-refractivity contribution in [2.45, 2.75) is 5.82 Å². The normalized spacial score (nSPS) is 11.1. The summed E-state index contributed by atoms with van der Waals surface area (Å²) in [6.45, 7) is 0. The molecule has 0 aliphatic heterocycles. The van der Waals surface area contributed by atoms with E-state index in [0.717, 1.165) is 0 Å². The van der Waals surface area contributed by atoms with Gasteiger partial charge in [0.15, 0.2) is 7.85 Å². The molecular formula is C2HBF2O2. The average Bonchev–Trinajstić information content (AvgIpc) is 1.31. The van der Waals surface area contributed by atoms with Crippen molar-refractivity contribution in [1.29, 1.82) is 0 Å². The van der Waals surface area contributed by atoms with Crippen LogP contribution >= 0.6 is 0 Å². The maximum Gasteiger partial charge on any atom is 0.363 e. The zero-order chi connectivity index (χ0) is 6.08. The summed E-state index contributed by atoms with van der Waals surface area (Å²) >= 11 is 0. The maximum atomic E-state index is 11.0. The Morgan fingerprint density at radius 2 is 1.86 bits per heavy atom. The van der Waals surface area contributed by atoms with Gasteiger partial charge in [-0.1, -0.05) is 0 Å². The van der Waals surface area contributed by atoms with Crippen LogP contribution in [0.5, 0.6) is 0 Å². The molecule has 0 aliphatic rings. The third-order valence-electron chi connectivity index (χ3n) is 0.285. The standard InChI is InChI=1S/C2HBF2O2/c3-2(4,5)1(6)7/h(H,6,7). The Balaban J connectivity index is 3.79. The van der Waals surface area contributed by atoms with Gasteiger partial charge in [-0.15, -0.1) is 0 Å². The first-order valence-electron chi connectivity index (χ1n) is 1.34. The molecule has 0 aromatic heterocycles. The van der Waals surface area contributed by atoms with E-state index < -0.39 is 11.8 Å². The number of rotatable bonds is 1. The number of alkyl halides is 2. The van der Waals surface area contributed by atoms with E-state index in [1.54, 1.807) is 0 Å². The van der Waals surface area contributed by atoms with Crippen LogP contribution in [0.15, 0.2) is 0 Å². The number of carboxylic acid groups (broad SMARTS) is 1. The van der Waals surface area contributed by atoms with Crippen LogP contribution in [0.4, 0.5) is 8.78 Å². The minimum Gasteiger partial charge on any atom is -0.477 e. The summed E-state index contributed by atoms with van der Waals surface area (Å²) < 4.78 is 22.0. The Morgan fingerprint density at radius 1 is 1.71 bits per heavy atom. The van der Waals surface area contributed by atoms with Crippen molar-refractivity contribution in [1.82, 2.24) is 0 Å². The highest BCUT2D eigenvalue weighted by Crippen LogP contribution is 2.04. The fourth-order valence-electron chi connectivity index (χ4n) is 0. The third-order valence-corrected chi connectivity index (χ3v) is 0.285. The number of halogens is 2. The molecule has 0 bridgehead atoms. The fraction of sp³-hybridized carbons (Fsp3) is 0.500. The second kappa shape index (κ2) is 1.48. The Kier molecular flexibility index (Phi) is 1.35. The molecule has 0 heterocycles. The molecule has 0 aromatic carbocycles. The summed E-state index contributed by atoms with van der Waals surface area (Å²) in [6, 6.07) is 0. The largest absolute Gasteiger partial charge is 0.477 e. The van der Waals surface area contributed by atoms with Gasteiger partial charge in [0.2, 0.25) is 0 Å². The highest BCUT2D eigenvalue weighted by molar-refractivity contribution is 6.24. The predicted molar refractivity (Wildman–Crippen MR) is 18.3 cm³/mol. The zero-order valence-corrected chi connectivity index (χ0v) is 3.19. The topological polar surface area (TPSA) is 37.3 Å². The van der Waals surface area contributed by atoms with Crippen molar-refractivity contribution in [3.05, 3.63) is 0 Å². The number of hydrogen-bond donors (Lipinski definition) is 1. The molecule has 0 aliphatic carbocycles. The van der Waals surface area contributed by atoms with Gasteiger partial charge in [0.25, 0.3) is 5.82 Å². The highest BCUT2D eigenvalue weighted by Gasteiger charge is 2.30. The molecule has 2 radical (unpaired) electrons. The van der Waals surface area contributed by atoms with Gasteiger partial charge in [0.05, 0.1) is 0 Å². The summed E-state index contributed by atoms with van der Waals surface area (Å²) in [5.74, 6) is -6.40. The van der Waals surface area contributed by atoms with Crippen LogP contribution in [0.1, 0.15) is 0 Å². The molecule has 0 aromatic rings. The lowest BCUT2D eigenvalue weighted by Crippen LogP contribution is -2.27. The molecule has 0 fully saturated rings. The fourth-order valence-corrected chi connectivity index (χ4v) is 0. The van der Waals surface area contributed by atoms with E-state index in [0.29, 0.717) is 0 Å². The van der Waals surface area contributed by atoms with Gasteiger partial charge in [0.1, 0.15) is 0 Å². The van der Waals surface area contributed by atoms with Gasteiger partial charge in [-0.3, -0.25) is 0 Å². The van der Waals surface area contributed by atoms with E-state index in [1.165, 1.54) is 0 Å². The lowest BCUT2D eigenvalue weighted by atomic mass is 10.00. The van der Waals surface area contributed by atoms with Crippen LogP contribution in [-0.2, 0) is 4.79 Å². The van der Waals surface area contributed by atoms with E-state index in [9.17, 15) is 8.78 Å². The quantitative estimate of drug-likeness (QED) is 0.471. The molecule has 0 rings (SSSR count). The summed E-state index contributed by atoms with van der Waals surface area (Å²) in [4.78, 5) is 9.15. The first-order valence-corrected chi connectivity index (χ1v) is 1.34. The first kappa shape index (κ1) is 6.39.